The molecule has 1 heterocycles. The molecule has 2 aliphatic rings. The van der Waals surface area contributed by atoms with E-state index in [2.05, 4.69) is 4.98 Å². The first-order valence-electron chi connectivity index (χ1n) is 7.46. The summed E-state index contributed by atoms with van der Waals surface area (Å²) in [5, 5.41) is 13.5. The highest BCUT2D eigenvalue weighted by molar-refractivity contribution is 5.90. The van der Waals surface area contributed by atoms with Gasteiger partial charge < -0.3 is 5.11 Å². The van der Waals surface area contributed by atoms with Crippen molar-refractivity contribution in [3.8, 4) is 0 Å². The van der Waals surface area contributed by atoms with Gasteiger partial charge in [0.1, 0.15) is 5.76 Å². The normalized spacial score (nSPS) is 13.1. The highest BCUT2D eigenvalue weighted by atomic mass is 16.3. The number of aliphatic hydroxyl groups is 1. The van der Waals surface area contributed by atoms with Gasteiger partial charge in [-0.25, -0.2) is 4.98 Å². The van der Waals surface area contributed by atoms with Crippen LogP contribution in [0.15, 0.2) is 52.1 Å². The van der Waals surface area contributed by atoms with Crippen molar-refractivity contribution in [3.63, 3.8) is 0 Å². The summed E-state index contributed by atoms with van der Waals surface area (Å²) in [6, 6.07) is 12.4. The minimum atomic E-state index is -0.465. The smallest absolute Gasteiger partial charge is 0.281 e. The summed E-state index contributed by atoms with van der Waals surface area (Å²) in [7, 11) is 0. The highest BCUT2D eigenvalue weighted by Crippen LogP contribution is 2.17. The maximum Gasteiger partial charge on any atom is 0.281 e. The third-order valence-electron chi connectivity index (χ3n) is 4.29. The average Bonchev–Trinajstić information content (AvgIpc) is 2.58. The van der Waals surface area contributed by atoms with Crippen molar-refractivity contribution in [2.45, 2.75) is 13.3 Å². The maximum atomic E-state index is 12.8. The monoisotopic (exact) mass is 303 g/mol. The molecule has 4 nitrogen and oxygen atoms in total. The fourth-order valence-electron chi connectivity index (χ4n) is 3.24. The van der Waals surface area contributed by atoms with E-state index in [0.717, 1.165) is 0 Å². The molecule has 1 aliphatic heterocycles. The van der Waals surface area contributed by atoms with E-state index in [9.17, 15) is 14.7 Å². The van der Waals surface area contributed by atoms with Crippen LogP contribution in [-0.4, -0.2) is 10.1 Å². The minimum absolute atomic E-state index is 0.00152. The molecular formula is C19H13NO3. The van der Waals surface area contributed by atoms with Crippen LogP contribution in [0.4, 0.5) is 0 Å². The molecule has 0 saturated heterocycles. The zero-order chi connectivity index (χ0) is 16.1. The lowest BCUT2D eigenvalue weighted by molar-refractivity contribution is 0.482. The van der Waals surface area contributed by atoms with Gasteiger partial charge in [0, 0.05) is 27.6 Å². The molecule has 0 spiro atoms. The Kier molecular flexibility index (Phi) is 2.81. The van der Waals surface area contributed by atoms with Crippen LogP contribution < -0.4 is 16.2 Å². The standard InChI is InChI=1S/C19H13NO3/c1-2-14(21)17-16-10-6-3-4-7-11(10)18(22)12-8-5-9-13(15(12)16)20-19(17)23/h3-9,21H,2H2,1H3/b17-14+. The van der Waals surface area contributed by atoms with Gasteiger partial charge in [-0.2, -0.15) is 0 Å². The number of hydrogen-bond donors (Lipinski definition) is 1. The predicted molar refractivity (Wildman–Crippen MR) is 89.8 cm³/mol. The molecule has 4 rings (SSSR count). The molecule has 1 aliphatic carbocycles. The van der Waals surface area contributed by atoms with Crippen molar-refractivity contribution in [1.29, 1.82) is 0 Å². The third-order valence-corrected chi connectivity index (χ3v) is 4.29. The SMILES string of the molecule is CC/C(O)=c1\c(=O)nc2cccc3c2=c1c1ccccc1c3=O. The van der Waals surface area contributed by atoms with E-state index in [-0.39, 0.29) is 16.4 Å². The average molecular weight is 303 g/mol. The van der Waals surface area contributed by atoms with Crippen LogP contribution in [0, 0.1) is 10.4 Å². The van der Waals surface area contributed by atoms with Gasteiger partial charge in [-0.3, -0.25) is 9.59 Å². The second-order valence-electron chi connectivity index (χ2n) is 5.54. The van der Waals surface area contributed by atoms with Crippen molar-refractivity contribution in [1.82, 2.24) is 4.98 Å². The van der Waals surface area contributed by atoms with Gasteiger partial charge >= 0.3 is 0 Å². The third kappa shape index (κ3) is 1.75. The predicted octanol–water partition coefficient (Wildman–Crippen LogP) is 2.07. The van der Waals surface area contributed by atoms with E-state index >= 15 is 0 Å². The summed E-state index contributed by atoms with van der Waals surface area (Å²) in [5.74, 6) is -0.00152. The first-order chi connectivity index (χ1) is 11.1. The first kappa shape index (κ1) is 13.6. The number of fused-ring (bicyclic) bond motifs is 2. The number of benzene rings is 2. The molecule has 0 amide bonds. The summed E-state index contributed by atoms with van der Waals surface area (Å²) in [6.07, 6.45) is 0.327. The molecule has 2 aromatic rings. The molecule has 112 valence electrons. The second kappa shape index (κ2) is 4.74. The molecule has 0 radical (unpaired) electrons. The largest absolute Gasteiger partial charge is 0.511 e. The molecule has 1 N–H and O–H groups in total. The highest BCUT2D eigenvalue weighted by Gasteiger charge is 2.13. The lowest BCUT2D eigenvalue weighted by Gasteiger charge is -2.06. The topological polar surface area (TPSA) is 67.3 Å². The van der Waals surface area contributed by atoms with E-state index in [1.807, 2.05) is 12.1 Å². The van der Waals surface area contributed by atoms with E-state index in [4.69, 9.17) is 0 Å². The van der Waals surface area contributed by atoms with E-state index in [1.54, 1.807) is 37.3 Å². The van der Waals surface area contributed by atoms with Crippen LogP contribution in [-0.2, 0) is 0 Å². The summed E-state index contributed by atoms with van der Waals surface area (Å²) in [5.41, 5.74) is -0.0627. The summed E-state index contributed by atoms with van der Waals surface area (Å²) >= 11 is 0. The van der Waals surface area contributed by atoms with Crippen LogP contribution in [0.2, 0.25) is 0 Å². The molecule has 2 aromatic carbocycles. The first-order valence-corrected chi connectivity index (χ1v) is 7.46. The van der Waals surface area contributed by atoms with E-state index in [1.165, 1.54) is 0 Å². The Bertz CT molecular complexity index is 1290. The van der Waals surface area contributed by atoms with Crippen molar-refractivity contribution < 1.29 is 5.11 Å². The lowest BCUT2D eigenvalue weighted by Crippen LogP contribution is -2.32. The Morgan fingerprint density at radius 1 is 0.957 bits per heavy atom. The van der Waals surface area contributed by atoms with Gasteiger partial charge in [0.25, 0.3) is 5.56 Å². The van der Waals surface area contributed by atoms with Crippen LogP contribution in [0.3, 0.4) is 0 Å². The van der Waals surface area contributed by atoms with Crippen LogP contribution in [0.1, 0.15) is 13.3 Å². The van der Waals surface area contributed by atoms with E-state index < -0.39 is 5.56 Å². The Morgan fingerprint density at radius 2 is 1.65 bits per heavy atom. The molecule has 0 unspecified atom stereocenters. The fraction of sp³-hybridized carbons (Fsp3) is 0.105. The molecule has 0 aromatic heterocycles. The Balaban J connectivity index is 2.65. The van der Waals surface area contributed by atoms with Crippen LogP contribution in [0.5, 0.6) is 0 Å². The second-order valence-corrected chi connectivity index (χ2v) is 5.54. The van der Waals surface area contributed by atoms with Gasteiger partial charge in [0.15, 0.2) is 5.43 Å². The molecule has 0 bridgehead atoms. The number of aliphatic hydroxyl groups excluding tert-OH is 1. The van der Waals surface area contributed by atoms with Gasteiger partial charge in [0.2, 0.25) is 0 Å². The molecule has 0 saturated carbocycles. The summed E-state index contributed by atoms with van der Waals surface area (Å²) < 4.78 is 0. The minimum Gasteiger partial charge on any atom is -0.511 e. The quantitative estimate of drug-likeness (QED) is 0.584. The van der Waals surface area contributed by atoms with Crippen molar-refractivity contribution >= 4 is 27.4 Å². The van der Waals surface area contributed by atoms with Gasteiger partial charge in [-0.15, -0.1) is 0 Å². The number of aromatic nitrogens is 1. The Morgan fingerprint density at radius 3 is 2.39 bits per heavy atom. The molecule has 4 heteroatoms. The van der Waals surface area contributed by atoms with E-state index in [0.29, 0.717) is 38.5 Å². The van der Waals surface area contributed by atoms with Gasteiger partial charge in [-0.1, -0.05) is 43.3 Å². The molecular weight excluding hydrogens is 290 g/mol. The fourth-order valence-corrected chi connectivity index (χ4v) is 3.24. The number of rotatable bonds is 1. The van der Waals surface area contributed by atoms with Crippen LogP contribution >= 0.6 is 0 Å². The lowest BCUT2D eigenvalue weighted by atomic mass is 9.98. The Labute approximate surface area is 130 Å². The molecule has 0 fully saturated rings. The van der Waals surface area contributed by atoms with Crippen molar-refractivity contribution in [2.24, 2.45) is 0 Å². The maximum absolute atomic E-state index is 12.8. The van der Waals surface area contributed by atoms with Gasteiger partial charge in [-0.05, 0) is 11.5 Å². The molecule has 0 atom stereocenters. The molecule has 23 heavy (non-hydrogen) atoms. The zero-order valence-corrected chi connectivity index (χ0v) is 12.5. The van der Waals surface area contributed by atoms with Crippen molar-refractivity contribution in [2.75, 3.05) is 0 Å². The van der Waals surface area contributed by atoms with Crippen LogP contribution in [0.25, 0.3) is 27.4 Å². The van der Waals surface area contributed by atoms with Crippen molar-refractivity contribution in [3.05, 3.63) is 78.7 Å². The summed E-state index contributed by atoms with van der Waals surface area (Å²) in [6.45, 7) is 1.78. The Hall–Kier alpha value is -3.01. The van der Waals surface area contributed by atoms with Gasteiger partial charge in [0.05, 0.1) is 10.7 Å². The number of hydrogen-bond acceptors (Lipinski definition) is 4. The zero-order valence-electron chi connectivity index (χ0n) is 12.5. The summed E-state index contributed by atoms with van der Waals surface area (Å²) in [4.78, 5) is 29.3. The number of nitrogens with zero attached hydrogens (tertiary/aromatic N) is 1.